The molecule has 0 saturated heterocycles. The van der Waals surface area contributed by atoms with Gasteiger partial charge in [0.25, 0.3) is 0 Å². The second-order valence-corrected chi connectivity index (χ2v) is 9.85. The Morgan fingerprint density at radius 1 is 0.676 bits per heavy atom. The van der Waals surface area contributed by atoms with Crippen LogP contribution in [0.3, 0.4) is 0 Å². The Labute approximate surface area is 218 Å². The Balaban J connectivity index is 2.06. The maximum atomic E-state index is 13.2. The highest BCUT2D eigenvalue weighted by Gasteiger charge is 2.33. The Morgan fingerprint density at radius 3 is 1.51 bits per heavy atom. The van der Waals surface area contributed by atoms with Crippen molar-refractivity contribution in [1.82, 2.24) is 16.0 Å². The second kappa shape index (κ2) is 14.1. The molecule has 0 heterocycles. The zero-order valence-electron chi connectivity index (χ0n) is 21.8. The number of aliphatic carboxylic acids is 1. The number of hydrogen-bond acceptors (Lipinski definition) is 5. The van der Waals surface area contributed by atoms with Crippen molar-refractivity contribution in [1.29, 1.82) is 0 Å². The number of carbonyl (C=O) groups excluding carboxylic acids is 3. The van der Waals surface area contributed by atoms with Gasteiger partial charge in [-0.3, -0.25) is 14.4 Å². The molecule has 9 heteroatoms. The SMILES string of the molecule is CC(C)[C@H](NC(=O)[C@H](NC(=O)[C@@H](N)Cc1ccccc1)C(C)C)C(=O)N[C@H](Cc1ccccc1)C(=O)O. The van der Waals surface area contributed by atoms with Gasteiger partial charge in [-0.15, -0.1) is 0 Å². The van der Waals surface area contributed by atoms with Crippen LogP contribution in [-0.2, 0) is 32.0 Å². The molecule has 0 fully saturated rings. The first kappa shape index (κ1) is 29.5. The fourth-order valence-corrected chi connectivity index (χ4v) is 3.85. The number of nitrogens with two attached hydrogens (primary N) is 1. The summed E-state index contributed by atoms with van der Waals surface area (Å²) in [4.78, 5) is 50.8. The van der Waals surface area contributed by atoms with E-state index in [1.54, 1.807) is 52.0 Å². The van der Waals surface area contributed by atoms with E-state index in [1.807, 2.05) is 36.4 Å². The second-order valence-electron chi connectivity index (χ2n) is 9.85. The van der Waals surface area contributed by atoms with Gasteiger partial charge in [0.15, 0.2) is 0 Å². The normalized spacial score (nSPS) is 14.4. The zero-order chi connectivity index (χ0) is 27.5. The predicted octanol–water partition coefficient (Wildman–Crippen LogP) is 1.65. The average molecular weight is 511 g/mol. The highest BCUT2D eigenvalue weighted by Crippen LogP contribution is 2.10. The molecule has 0 aromatic heterocycles. The topological polar surface area (TPSA) is 151 Å². The van der Waals surface area contributed by atoms with Crippen LogP contribution in [0.25, 0.3) is 0 Å². The van der Waals surface area contributed by atoms with Gasteiger partial charge >= 0.3 is 5.97 Å². The van der Waals surface area contributed by atoms with Gasteiger partial charge < -0.3 is 26.8 Å². The first-order valence-electron chi connectivity index (χ1n) is 12.5. The smallest absolute Gasteiger partial charge is 0.326 e. The summed E-state index contributed by atoms with van der Waals surface area (Å²) in [6, 6.07) is 14.3. The van der Waals surface area contributed by atoms with E-state index >= 15 is 0 Å². The number of hydrogen-bond donors (Lipinski definition) is 5. The Morgan fingerprint density at radius 2 is 1.08 bits per heavy atom. The van der Waals surface area contributed by atoms with Crippen LogP contribution < -0.4 is 21.7 Å². The maximum absolute atomic E-state index is 13.2. The number of carboxylic acids is 1. The average Bonchev–Trinajstić information content (AvgIpc) is 2.85. The van der Waals surface area contributed by atoms with Crippen LogP contribution in [0.4, 0.5) is 0 Å². The number of amides is 3. The minimum Gasteiger partial charge on any atom is -0.480 e. The Kier molecular flexibility index (Phi) is 11.3. The van der Waals surface area contributed by atoms with Gasteiger partial charge in [0.05, 0.1) is 6.04 Å². The number of carboxylic acid groups (broad SMARTS) is 1. The molecule has 0 saturated carbocycles. The van der Waals surface area contributed by atoms with Gasteiger partial charge in [-0.25, -0.2) is 4.79 Å². The Bertz CT molecular complexity index is 1040. The van der Waals surface area contributed by atoms with Crippen LogP contribution >= 0.6 is 0 Å². The number of nitrogens with one attached hydrogen (secondary N) is 3. The van der Waals surface area contributed by atoms with Crippen LogP contribution in [0.2, 0.25) is 0 Å². The zero-order valence-corrected chi connectivity index (χ0v) is 21.8. The van der Waals surface area contributed by atoms with Crippen molar-refractivity contribution in [2.45, 2.75) is 64.7 Å². The lowest BCUT2D eigenvalue weighted by Crippen LogP contribution is -2.59. The largest absolute Gasteiger partial charge is 0.480 e. The molecule has 4 atom stereocenters. The summed E-state index contributed by atoms with van der Waals surface area (Å²) < 4.78 is 0. The van der Waals surface area contributed by atoms with Gasteiger partial charge in [0.1, 0.15) is 18.1 Å². The first-order chi connectivity index (χ1) is 17.5. The minimum absolute atomic E-state index is 0.102. The van der Waals surface area contributed by atoms with Crippen molar-refractivity contribution < 1.29 is 24.3 Å². The molecule has 2 aromatic rings. The lowest BCUT2D eigenvalue weighted by Gasteiger charge is -2.28. The predicted molar refractivity (Wildman–Crippen MR) is 141 cm³/mol. The van der Waals surface area contributed by atoms with Crippen molar-refractivity contribution in [2.75, 3.05) is 0 Å². The molecule has 0 unspecified atom stereocenters. The quantitative estimate of drug-likeness (QED) is 0.276. The summed E-state index contributed by atoms with van der Waals surface area (Å²) in [5.41, 5.74) is 7.74. The Hall–Kier alpha value is -3.72. The summed E-state index contributed by atoms with van der Waals surface area (Å²) >= 11 is 0. The molecule has 0 bridgehead atoms. The first-order valence-corrected chi connectivity index (χ1v) is 12.5. The van der Waals surface area contributed by atoms with E-state index in [2.05, 4.69) is 16.0 Å². The molecule has 0 radical (unpaired) electrons. The van der Waals surface area contributed by atoms with Gasteiger partial charge in [-0.05, 0) is 29.4 Å². The lowest BCUT2D eigenvalue weighted by atomic mass is 9.98. The van der Waals surface area contributed by atoms with E-state index in [-0.39, 0.29) is 18.3 Å². The molecule has 6 N–H and O–H groups in total. The van der Waals surface area contributed by atoms with Crippen molar-refractivity contribution >= 4 is 23.7 Å². The summed E-state index contributed by atoms with van der Waals surface area (Å²) in [6.45, 7) is 7.04. The van der Waals surface area contributed by atoms with E-state index in [0.29, 0.717) is 6.42 Å². The van der Waals surface area contributed by atoms with E-state index < -0.39 is 47.9 Å². The third-order valence-electron chi connectivity index (χ3n) is 6.03. The number of rotatable bonds is 13. The minimum atomic E-state index is -1.18. The van der Waals surface area contributed by atoms with E-state index in [1.165, 1.54) is 0 Å². The molecular weight excluding hydrogens is 472 g/mol. The summed E-state index contributed by atoms with van der Waals surface area (Å²) in [5.74, 6) is -3.42. The highest BCUT2D eigenvalue weighted by atomic mass is 16.4. The molecule has 0 aliphatic rings. The molecule has 2 rings (SSSR count). The number of benzene rings is 2. The number of carbonyl (C=O) groups is 4. The molecule has 0 aliphatic carbocycles. The fourth-order valence-electron chi connectivity index (χ4n) is 3.85. The third-order valence-corrected chi connectivity index (χ3v) is 6.03. The third kappa shape index (κ3) is 9.34. The molecule has 9 nitrogen and oxygen atoms in total. The molecule has 0 spiro atoms. The molecular formula is C28H38N4O5. The lowest BCUT2D eigenvalue weighted by molar-refractivity contribution is -0.142. The van der Waals surface area contributed by atoms with Crippen LogP contribution in [0, 0.1) is 11.8 Å². The standard InChI is InChI=1S/C28H38N4O5/c1-17(2)23(26(34)30-22(28(36)37)16-20-13-9-6-10-14-20)32-27(35)24(18(3)4)31-25(33)21(29)15-19-11-7-5-8-12-19/h5-14,17-18,21-24H,15-16,29H2,1-4H3,(H,30,34)(H,31,33)(H,32,35)(H,36,37)/t21-,22+,23-,24+/m0/s1. The van der Waals surface area contributed by atoms with Crippen molar-refractivity contribution in [2.24, 2.45) is 17.6 Å². The van der Waals surface area contributed by atoms with Crippen molar-refractivity contribution in [3.8, 4) is 0 Å². The molecule has 2 aromatic carbocycles. The molecule has 37 heavy (non-hydrogen) atoms. The fraction of sp³-hybridized carbons (Fsp3) is 0.429. The van der Waals surface area contributed by atoms with Crippen LogP contribution in [0.5, 0.6) is 0 Å². The maximum Gasteiger partial charge on any atom is 0.326 e. The van der Waals surface area contributed by atoms with E-state index in [0.717, 1.165) is 11.1 Å². The summed E-state index contributed by atoms with van der Waals surface area (Å²) in [7, 11) is 0. The van der Waals surface area contributed by atoms with Gasteiger partial charge in [-0.2, -0.15) is 0 Å². The van der Waals surface area contributed by atoms with E-state index in [9.17, 15) is 24.3 Å². The molecule has 0 aliphatic heterocycles. The summed E-state index contributed by atoms with van der Waals surface area (Å²) in [5, 5.41) is 17.6. The van der Waals surface area contributed by atoms with Gasteiger partial charge in [0, 0.05) is 6.42 Å². The van der Waals surface area contributed by atoms with Gasteiger partial charge in [0.2, 0.25) is 17.7 Å². The molecule has 3 amide bonds. The van der Waals surface area contributed by atoms with Crippen molar-refractivity contribution in [3.63, 3.8) is 0 Å². The summed E-state index contributed by atoms with van der Waals surface area (Å²) in [6.07, 6.45) is 0.415. The van der Waals surface area contributed by atoms with Crippen LogP contribution in [-0.4, -0.2) is 53.0 Å². The van der Waals surface area contributed by atoms with Crippen LogP contribution in [0.1, 0.15) is 38.8 Å². The van der Waals surface area contributed by atoms with Gasteiger partial charge in [-0.1, -0.05) is 88.4 Å². The van der Waals surface area contributed by atoms with Crippen molar-refractivity contribution in [3.05, 3.63) is 71.8 Å². The highest BCUT2D eigenvalue weighted by molar-refractivity contribution is 5.94. The monoisotopic (exact) mass is 510 g/mol. The van der Waals surface area contributed by atoms with E-state index in [4.69, 9.17) is 5.73 Å². The molecule has 200 valence electrons. The van der Waals surface area contributed by atoms with Crippen LogP contribution in [0.15, 0.2) is 60.7 Å².